The molecule has 0 radical (unpaired) electrons. The number of methoxy groups -OCH3 is 1. The number of hydrogen-bond acceptors (Lipinski definition) is 7. The van der Waals surface area contributed by atoms with Crippen molar-refractivity contribution in [2.75, 3.05) is 55.1 Å². The lowest BCUT2D eigenvalue weighted by Gasteiger charge is -2.33. The van der Waals surface area contributed by atoms with Gasteiger partial charge in [0.15, 0.2) is 0 Å². The number of para-hydroxylation sites is 1. The van der Waals surface area contributed by atoms with E-state index in [0.717, 1.165) is 24.3 Å². The lowest BCUT2D eigenvalue weighted by molar-refractivity contribution is -0.139. The highest BCUT2D eigenvalue weighted by atomic mass is 16.5. The molecule has 1 saturated heterocycles. The summed E-state index contributed by atoms with van der Waals surface area (Å²) < 4.78 is 10.8. The number of carbonyl (C=O) groups excluding carboxylic acids is 4. The van der Waals surface area contributed by atoms with Crippen LogP contribution in [0.5, 0.6) is 5.75 Å². The standard InChI is InChI=1S/C36H34N4O6/c1-45-29-17-11-25(12-18-29)23-40(32(41)24-39-31-10-6-5-9-30(31)34(42)36(39)44)33(26-7-3-2-4-8-26)35(43)37-27-13-15-28(16-14-27)38-19-21-46-22-20-38/h2-18,33H,19-24H2,1H3,(H,37,43). The Bertz CT molecular complexity index is 1720. The number of nitrogens with zero attached hydrogens (tertiary/aromatic N) is 3. The van der Waals surface area contributed by atoms with Crippen LogP contribution in [0.25, 0.3) is 0 Å². The van der Waals surface area contributed by atoms with Crippen LogP contribution in [-0.2, 0) is 25.7 Å². The SMILES string of the molecule is COc1ccc(CN(C(=O)CN2C(=O)C(=O)c3ccccc32)C(C(=O)Nc2ccc(N3CCOCC3)cc2)c2ccccc2)cc1. The van der Waals surface area contributed by atoms with E-state index in [9.17, 15) is 19.2 Å². The van der Waals surface area contributed by atoms with Crippen molar-refractivity contribution in [2.24, 2.45) is 0 Å². The van der Waals surface area contributed by atoms with Gasteiger partial charge in [-0.25, -0.2) is 0 Å². The predicted molar refractivity (Wildman–Crippen MR) is 174 cm³/mol. The Balaban J connectivity index is 1.32. The summed E-state index contributed by atoms with van der Waals surface area (Å²) in [5.74, 6) is -1.71. The fraction of sp³-hybridized carbons (Fsp3) is 0.222. The van der Waals surface area contributed by atoms with E-state index in [2.05, 4.69) is 10.2 Å². The third kappa shape index (κ3) is 6.47. The molecule has 10 heteroatoms. The van der Waals surface area contributed by atoms with Crippen molar-refractivity contribution in [3.8, 4) is 5.75 Å². The molecule has 10 nitrogen and oxygen atoms in total. The molecule has 1 unspecified atom stereocenters. The lowest BCUT2D eigenvalue weighted by atomic mass is 10.0. The third-order valence-corrected chi connectivity index (χ3v) is 8.19. The summed E-state index contributed by atoms with van der Waals surface area (Å²) in [5.41, 5.74) is 3.57. The van der Waals surface area contributed by atoms with Gasteiger partial charge in [-0.1, -0.05) is 54.6 Å². The molecule has 46 heavy (non-hydrogen) atoms. The van der Waals surface area contributed by atoms with E-state index in [0.29, 0.717) is 35.9 Å². The Morgan fingerprint density at radius 1 is 0.870 bits per heavy atom. The van der Waals surface area contributed by atoms with Crippen LogP contribution < -0.4 is 19.9 Å². The molecule has 4 aromatic rings. The summed E-state index contributed by atoms with van der Waals surface area (Å²) in [6.07, 6.45) is 0. The van der Waals surface area contributed by atoms with E-state index in [-0.39, 0.29) is 12.1 Å². The van der Waals surface area contributed by atoms with Crippen molar-refractivity contribution in [1.29, 1.82) is 0 Å². The number of carbonyl (C=O) groups is 4. The summed E-state index contributed by atoms with van der Waals surface area (Å²) in [4.78, 5) is 59.0. The minimum absolute atomic E-state index is 0.0589. The van der Waals surface area contributed by atoms with Gasteiger partial charge >= 0.3 is 0 Å². The maximum Gasteiger partial charge on any atom is 0.299 e. The molecule has 234 valence electrons. The van der Waals surface area contributed by atoms with E-state index in [1.807, 2.05) is 54.6 Å². The van der Waals surface area contributed by atoms with E-state index < -0.39 is 36.1 Å². The molecule has 2 heterocycles. The van der Waals surface area contributed by atoms with Crippen LogP contribution in [0.4, 0.5) is 17.1 Å². The van der Waals surface area contributed by atoms with Gasteiger partial charge < -0.3 is 24.6 Å². The van der Waals surface area contributed by atoms with Crippen molar-refractivity contribution >= 4 is 40.6 Å². The van der Waals surface area contributed by atoms with Crippen LogP contribution in [0.15, 0.2) is 103 Å². The van der Waals surface area contributed by atoms with Crippen molar-refractivity contribution < 1.29 is 28.7 Å². The number of morpholine rings is 1. The fourth-order valence-corrected chi connectivity index (χ4v) is 5.78. The zero-order chi connectivity index (χ0) is 32.0. The van der Waals surface area contributed by atoms with E-state index in [1.165, 1.54) is 9.80 Å². The average Bonchev–Trinajstić information content (AvgIpc) is 3.34. The maximum absolute atomic E-state index is 14.3. The zero-order valence-corrected chi connectivity index (χ0v) is 25.4. The van der Waals surface area contributed by atoms with Gasteiger partial charge in [0.05, 0.1) is 31.6 Å². The summed E-state index contributed by atoms with van der Waals surface area (Å²) in [6.45, 7) is 2.56. The molecule has 3 amide bonds. The number of rotatable bonds is 10. The molecular weight excluding hydrogens is 584 g/mol. The van der Waals surface area contributed by atoms with Gasteiger partial charge in [-0.05, 0) is 59.7 Å². The second kappa shape index (κ2) is 13.7. The Labute approximate surface area is 267 Å². The molecule has 2 aliphatic heterocycles. The van der Waals surface area contributed by atoms with E-state index in [4.69, 9.17) is 9.47 Å². The van der Waals surface area contributed by atoms with Crippen LogP contribution >= 0.6 is 0 Å². The van der Waals surface area contributed by atoms with Gasteiger partial charge in [0.25, 0.3) is 17.6 Å². The highest BCUT2D eigenvalue weighted by Crippen LogP contribution is 2.31. The molecule has 0 aromatic heterocycles. The summed E-state index contributed by atoms with van der Waals surface area (Å²) in [6, 6.07) is 29.4. The Kier molecular flexibility index (Phi) is 9.07. The van der Waals surface area contributed by atoms with Gasteiger partial charge in [0, 0.05) is 31.0 Å². The van der Waals surface area contributed by atoms with Crippen LogP contribution in [0, 0.1) is 0 Å². The smallest absolute Gasteiger partial charge is 0.299 e. The highest BCUT2D eigenvalue weighted by Gasteiger charge is 2.39. The topological polar surface area (TPSA) is 108 Å². The minimum atomic E-state index is -1.06. The molecular formula is C36H34N4O6. The van der Waals surface area contributed by atoms with Crippen molar-refractivity contribution in [1.82, 2.24) is 4.90 Å². The number of fused-ring (bicyclic) bond motifs is 1. The van der Waals surface area contributed by atoms with E-state index in [1.54, 1.807) is 55.6 Å². The van der Waals surface area contributed by atoms with Gasteiger partial charge in [-0.15, -0.1) is 0 Å². The lowest BCUT2D eigenvalue weighted by Crippen LogP contribution is -2.46. The molecule has 1 N–H and O–H groups in total. The molecule has 0 aliphatic carbocycles. The first-order chi connectivity index (χ1) is 22.4. The largest absolute Gasteiger partial charge is 0.497 e. The first kappa shape index (κ1) is 30.5. The number of hydrogen-bond donors (Lipinski definition) is 1. The number of amides is 3. The third-order valence-electron chi connectivity index (χ3n) is 8.19. The fourth-order valence-electron chi connectivity index (χ4n) is 5.78. The quantitative estimate of drug-likeness (QED) is 0.261. The van der Waals surface area contributed by atoms with Crippen LogP contribution in [0.3, 0.4) is 0 Å². The highest BCUT2D eigenvalue weighted by molar-refractivity contribution is 6.52. The van der Waals surface area contributed by atoms with Gasteiger partial charge in [0.2, 0.25) is 5.91 Å². The van der Waals surface area contributed by atoms with Crippen molar-refractivity contribution in [2.45, 2.75) is 12.6 Å². The summed E-state index contributed by atoms with van der Waals surface area (Å²) >= 11 is 0. The molecule has 1 atom stereocenters. The van der Waals surface area contributed by atoms with Crippen LogP contribution in [-0.4, -0.2) is 68.4 Å². The number of Topliss-reactive ketones (excluding diaryl/α,β-unsaturated/α-hetero) is 1. The Morgan fingerprint density at radius 2 is 1.54 bits per heavy atom. The molecule has 6 rings (SSSR count). The second-order valence-electron chi connectivity index (χ2n) is 11.1. The number of ether oxygens (including phenoxy) is 2. The zero-order valence-electron chi connectivity index (χ0n) is 25.4. The molecule has 0 saturated carbocycles. The predicted octanol–water partition coefficient (Wildman–Crippen LogP) is 4.47. The molecule has 2 aliphatic rings. The Hall–Kier alpha value is -5.48. The summed E-state index contributed by atoms with van der Waals surface area (Å²) in [7, 11) is 1.57. The van der Waals surface area contributed by atoms with E-state index >= 15 is 0 Å². The van der Waals surface area contributed by atoms with Crippen LogP contribution in [0.2, 0.25) is 0 Å². The number of nitrogens with one attached hydrogen (secondary N) is 1. The number of ketones is 1. The normalized spacial score (nSPS) is 14.9. The van der Waals surface area contributed by atoms with Gasteiger partial charge in [-0.3, -0.25) is 24.1 Å². The first-order valence-corrected chi connectivity index (χ1v) is 15.1. The maximum atomic E-state index is 14.3. The average molecular weight is 619 g/mol. The van der Waals surface area contributed by atoms with Gasteiger partial charge in [-0.2, -0.15) is 0 Å². The van der Waals surface area contributed by atoms with Gasteiger partial charge in [0.1, 0.15) is 18.3 Å². The van der Waals surface area contributed by atoms with Crippen molar-refractivity contribution in [3.63, 3.8) is 0 Å². The van der Waals surface area contributed by atoms with Crippen molar-refractivity contribution in [3.05, 3.63) is 120 Å². The molecule has 1 fully saturated rings. The first-order valence-electron chi connectivity index (χ1n) is 15.1. The Morgan fingerprint density at radius 3 is 2.24 bits per heavy atom. The number of anilines is 3. The second-order valence-corrected chi connectivity index (χ2v) is 11.1. The monoisotopic (exact) mass is 618 g/mol. The van der Waals surface area contributed by atoms with Crippen LogP contribution in [0.1, 0.15) is 27.5 Å². The minimum Gasteiger partial charge on any atom is -0.497 e. The molecule has 0 bridgehead atoms. The number of benzene rings is 4. The molecule has 0 spiro atoms. The molecule has 4 aromatic carbocycles. The summed E-state index contributed by atoms with van der Waals surface area (Å²) in [5, 5.41) is 3.00.